The molecule has 0 radical (unpaired) electrons. The van der Waals surface area contributed by atoms with Crippen molar-refractivity contribution in [3.8, 4) is 0 Å². The Morgan fingerprint density at radius 3 is 2.69 bits per heavy atom. The van der Waals surface area contributed by atoms with Gasteiger partial charge in [0.25, 0.3) is 0 Å². The zero-order valence-electron chi connectivity index (χ0n) is 8.59. The van der Waals surface area contributed by atoms with Crippen LogP contribution in [0.15, 0.2) is 35.6 Å². The van der Waals surface area contributed by atoms with E-state index < -0.39 is 0 Å². The molecule has 0 spiro atoms. The summed E-state index contributed by atoms with van der Waals surface area (Å²) in [5, 5.41) is 0. The van der Waals surface area contributed by atoms with E-state index in [9.17, 15) is 0 Å². The van der Waals surface area contributed by atoms with Crippen LogP contribution in [0.1, 0.15) is 31.4 Å². The van der Waals surface area contributed by atoms with Crippen LogP contribution in [-0.4, -0.2) is 0 Å². The van der Waals surface area contributed by atoms with Crippen LogP contribution in [0.3, 0.4) is 0 Å². The van der Waals surface area contributed by atoms with Crippen molar-refractivity contribution in [2.24, 2.45) is 0 Å². The zero-order valence-corrected chi connectivity index (χ0v) is 8.59. The molecule has 0 aromatic heterocycles. The first kappa shape index (κ1) is 9.83. The number of allylic oxidation sites excluding steroid dienone is 1. The molecule has 1 aromatic carbocycles. The minimum atomic E-state index is 1.07. The van der Waals surface area contributed by atoms with Gasteiger partial charge in [-0.3, -0.25) is 0 Å². The lowest BCUT2D eigenvalue weighted by molar-refractivity contribution is 1.11. The predicted octanol–water partition coefficient (Wildman–Crippen LogP) is 3.96. The molecule has 0 heteroatoms. The van der Waals surface area contributed by atoms with Gasteiger partial charge >= 0.3 is 0 Å². The molecular weight excluding hydrogens is 156 g/mol. The first-order valence-electron chi connectivity index (χ1n) is 4.72. The van der Waals surface area contributed by atoms with Gasteiger partial charge in [-0.05, 0) is 43.0 Å². The summed E-state index contributed by atoms with van der Waals surface area (Å²) in [5.41, 5.74) is 7.14. The molecule has 0 unspecified atom stereocenters. The zero-order chi connectivity index (χ0) is 9.68. The molecule has 0 aliphatic carbocycles. The lowest BCUT2D eigenvalue weighted by Gasteiger charge is -1.96. The first-order chi connectivity index (χ1) is 6.24. The fourth-order valence-electron chi connectivity index (χ4n) is 1.05. The highest BCUT2D eigenvalue weighted by Gasteiger charge is 1.89. The molecule has 1 aromatic rings. The Balaban J connectivity index is 2.98. The molecule has 1 rings (SSSR count). The van der Waals surface area contributed by atoms with Crippen LogP contribution in [-0.2, 0) is 0 Å². The predicted molar refractivity (Wildman–Crippen MR) is 58.6 cm³/mol. The molecule has 0 saturated heterocycles. The summed E-state index contributed by atoms with van der Waals surface area (Å²) in [4.78, 5) is 0. The SMILES string of the molecule is CCC(C)=C=Cc1ccccc1C. The average Bonchev–Trinajstić information content (AvgIpc) is 2.16. The quantitative estimate of drug-likeness (QED) is 0.592. The largest absolute Gasteiger partial charge is 0.121 e. The van der Waals surface area contributed by atoms with E-state index >= 15 is 0 Å². The maximum absolute atomic E-state index is 3.28. The molecule has 0 amide bonds. The Kier molecular flexibility index (Phi) is 3.54. The molecule has 0 aliphatic rings. The Hall–Kier alpha value is -1.26. The minimum absolute atomic E-state index is 1.07. The van der Waals surface area contributed by atoms with Crippen molar-refractivity contribution >= 4 is 6.08 Å². The molecule has 0 N–H and O–H groups in total. The lowest BCUT2D eigenvalue weighted by Crippen LogP contribution is -1.77. The van der Waals surface area contributed by atoms with Gasteiger partial charge in [-0.15, -0.1) is 5.73 Å². The molecule has 0 atom stereocenters. The number of hydrogen-bond acceptors (Lipinski definition) is 0. The summed E-state index contributed by atoms with van der Waals surface area (Å²) in [6.07, 6.45) is 3.14. The monoisotopic (exact) mass is 172 g/mol. The number of aryl methyl sites for hydroxylation is 1. The number of rotatable bonds is 2. The van der Waals surface area contributed by atoms with Gasteiger partial charge in [0, 0.05) is 0 Å². The van der Waals surface area contributed by atoms with Crippen molar-refractivity contribution in [3.63, 3.8) is 0 Å². The Morgan fingerprint density at radius 1 is 1.38 bits per heavy atom. The standard InChI is InChI=1S/C13H16/c1-4-11(2)9-10-13-8-6-5-7-12(13)3/h5-8,10H,4H2,1-3H3. The second kappa shape index (κ2) is 4.69. The van der Waals surface area contributed by atoms with Gasteiger partial charge in [0.05, 0.1) is 0 Å². The molecule has 0 fully saturated rings. The van der Waals surface area contributed by atoms with Crippen LogP contribution >= 0.6 is 0 Å². The minimum Gasteiger partial charge on any atom is -0.121 e. The molecule has 0 bridgehead atoms. The number of hydrogen-bond donors (Lipinski definition) is 0. The summed E-state index contributed by atoms with van der Waals surface area (Å²) in [7, 11) is 0. The lowest BCUT2D eigenvalue weighted by atomic mass is 10.1. The summed E-state index contributed by atoms with van der Waals surface area (Å²) in [5.74, 6) is 0. The van der Waals surface area contributed by atoms with E-state index in [-0.39, 0.29) is 0 Å². The van der Waals surface area contributed by atoms with Gasteiger partial charge in [-0.2, -0.15) is 0 Å². The van der Waals surface area contributed by atoms with E-state index in [2.05, 4.69) is 56.8 Å². The van der Waals surface area contributed by atoms with Crippen molar-refractivity contribution in [1.82, 2.24) is 0 Å². The van der Waals surface area contributed by atoms with Crippen LogP contribution < -0.4 is 0 Å². The van der Waals surface area contributed by atoms with E-state index in [4.69, 9.17) is 0 Å². The van der Waals surface area contributed by atoms with Gasteiger partial charge in [-0.1, -0.05) is 31.2 Å². The fourth-order valence-corrected chi connectivity index (χ4v) is 1.05. The Bertz CT molecular complexity index is 339. The first-order valence-corrected chi connectivity index (χ1v) is 4.72. The van der Waals surface area contributed by atoms with Crippen LogP contribution in [0.4, 0.5) is 0 Å². The highest BCUT2D eigenvalue weighted by atomic mass is 13.9. The fraction of sp³-hybridized carbons (Fsp3) is 0.308. The molecule has 13 heavy (non-hydrogen) atoms. The van der Waals surface area contributed by atoms with Gasteiger partial charge in [0.15, 0.2) is 0 Å². The third kappa shape index (κ3) is 2.93. The van der Waals surface area contributed by atoms with E-state index in [0.717, 1.165) is 6.42 Å². The van der Waals surface area contributed by atoms with Crippen LogP contribution in [0, 0.1) is 6.92 Å². The average molecular weight is 172 g/mol. The van der Waals surface area contributed by atoms with Crippen molar-refractivity contribution in [3.05, 3.63) is 46.7 Å². The molecular formula is C13H16. The van der Waals surface area contributed by atoms with Crippen LogP contribution in [0.25, 0.3) is 6.08 Å². The van der Waals surface area contributed by atoms with Crippen molar-refractivity contribution in [1.29, 1.82) is 0 Å². The topological polar surface area (TPSA) is 0 Å². The van der Waals surface area contributed by atoms with Crippen LogP contribution in [0.2, 0.25) is 0 Å². The van der Waals surface area contributed by atoms with Gasteiger partial charge in [0.2, 0.25) is 0 Å². The summed E-state index contributed by atoms with van der Waals surface area (Å²) in [6, 6.07) is 8.35. The molecule has 68 valence electrons. The maximum Gasteiger partial charge on any atom is -0.0125 e. The van der Waals surface area contributed by atoms with E-state index in [0.29, 0.717) is 0 Å². The second-order valence-electron chi connectivity index (χ2n) is 3.28. The maximum atomic E-state index is 3.28. The smallest absolute Gasteiger partial charge is 0.0125 e. The second-order valence-corrected chi connectivity index (χ2v) is 3.28. The third-order valence-electron chi connectivity index (χ3n) is 2.19. The van der Waals surface area contributed by atoms with Gasteiger partial charge in [-0.25, -0.2) is 0 Å². The third-order valence-corrected chi connectivity index (χ3v) is 2.19. The summed E-state index contributed by atoms with van der Waals surface area (Å²) >= 11 is 0. The molecule has 0 saturated carbocycles. The summed E-state index contributed by atoms with van der Waals surface area (Å²) in [6.45, 7) is 6.37. The highest BCUT2D eigenvalue weighted by molar-refractivity contribution is 5.53. The van der Waals surface area contributed by atoms with E-state index in [1.54, 1.807) is 0 Å². The van der Waals surface area contributed by atoms with Gasteiger partial charge in [0.1, 0.15) is 0 Å². The van der Waals surface area contributed by atoms with Gasteiger partial charge < -0.3 is 0 Å². The Labute approximate surface area is 80.6 Å². The van der Waals surface area contributed by atoms with E-state index in [1.165, 1.54) is 16.7 Å². The molecule has 0 heterocycles. The molecule has 0 nitrogen and oxygen atoms in total. The molecule has 0 aliphatic heterocycles. The van der Waals surface area contributed by atoms with Crippen molar-refractivity contribution < 1.29 is 0 Å². The number of benzene rings is 1. The summed E-state index contributed by atoms with van der Waals surface area (Å²) < 4.78 is 0. The van der Waals surface area contributed by atoms with E-state index in [1.807, 2.05) is 0 Å². The normalized spacial score (nSPS) is 9.15. The van der Waals surface area contributed by atoms with Crippen molar-refractivity contribution in [2.75, 3.05) is 0 Å². The highest BCUT2D eigenvalue weighted by Crippen LogP contribution is 2.08. The van der Waals surface area contributed by atoms with Crippen molar-refractivity contribution in [2.45, 2.75) is 27.2 Å². The van der Waals surface area contributed by atoms with Crippen LogP contribution in [0.5, 0.6) is 0 Å². The Morgan fingerprint density at radius 2 is 2.08 bits per heavy atom.